The molecule has 9 nitrogen and oxygen atoms in total. The number of carbonyl (C=O) groups is 2. The van der Waals surface area contributed by atoms with Gasteiger partial charge in [0.25, 0.3) is 5.91 Å². The molecule has 3 rings (SSSR count). The normalized spacial score (nSPS) is 15.4. The van der Waals surface area contributed by atoms with Crippen LogP contribution < -0.4 is 15.8 Å². The molecule has 0 aliphatic carbocycles. The van der Waals surface area contributed by atoms with Gasteiger partial charge in [-0.15, -0.1) is 0 Å². The molecule has 0 spiro atoms. The van der Waals surface area contributed by atoms with Gasteiger partial charge in [-0.1, -0.05) is 13.0 Å². The van der Waals surface area contributed by atoms with Crippen LogP contribution in [0, 0.1) is 0 Å². The van der Waals surface area contributed by atoms with Crippen LogP contribution in [0.15, 0.2) is 53.4 Å². The first-order valence-electron chi connectivity index (χ1n) is 9.94. The first-order valence-corrected chi connectivity index (χ1v) is 11.4. The Labute approximate surface area is 181 Å². The van der Waals surface area contributed by atoms with Crippen molar-refractivity contribution in [3.05, 3.63) is 54.1 Å². The number of ether oxygens (including phenoxy) is 1. The van der Waals surface area contributed by atoms with Crippen molar-refractivity contribution in [2.75, 3.05) is 44.6 Å². The zero-order valence-electron chi connectivity index (χ0n) is 17.3. The summed E-state index contributed by atoms with van der Waals surface area (Å²) in [5.41, 5.74) is 5.89. The lowest BCUT2D eigenvalue weighted by Crippen LogP contribution is -2.48. The third kappa shape index (κ3) is 5.81. The van der Waals surface area contributed by atoms with Crippen LogP contribution in [0.3, 0.4) is 0 Å². The van der Waals surface area contributed by atoms with Crippen LogP contribution in [-0.4, -0.2) is 68.8 Å². The van der Waals surface area contributed by atoms with Crippen LogP contribution in [0.4, 0.5) is 5.69 Å². The molecule has 31 heavy (non-hydrogen) atoms. The number of nitrogens with zero attached hydrogens (tertiary/aromatic N) is 2. The molecular weight excluding hydrogens is 420 g/mol. The van der Waals surface area contributed by atoms with E-state index in [1.807, 2.05) is 0 Å². The number of hydrogen-bond donors (Lipinski definition) is 2. The Bertz CT molecular complexity index is 1030. The van der Waals surface area contributed by atoms with E-state index in [0.717, 1.165) is 6.54 Å². The number of nitrogens with two attached hydrogens (primary N) is 1. The molecular formula is C21H26N4O5S. The summed E-state index contributed by atoms with van der Waals surface area (Å²) >= 11 is 0. The third-order valence-electron chi connectivity index (χ3n) is 5.04. The van der Waals surface area contributed by atoms with E-state index in [1.54, 1.807) is 24.3 Å². The van der Waals surface area contributed by atoms with E-state index in [4.69, 9.17) is 10.5 Å². The maximum atomic E-state index is 12.9. The van der Waals surface area contributed by atoms with Gasteiger partial charge in [0.2, 0.25) is 15.9 Å². The number of anilines is 1. The Balaban J connectivity index is 1.59. The molecule has 10 heteroatoms. The van der Waals surface area contributed by atoms with Crippen LogP contribution >= 0.6 is 0 Å². The van der Waals surface area contributed by atoms with Crippen molar-refractivity contribution in [1.29, 1.82) is 0 Å². The van der Waals surface area contributed by atoms with E-state index in [9.17, 15) is 18.0 Å². The predicted molar refractivity (Wildman–Crippen MR) is 116 cm³/mol. The summed E-state index contributed by atoms with van der Waals surface area (Å²) in [7, 11) is -3.63. The minimum absolute atomic E-state index is 0.137. The minimum atomic E-state index is -3.63. The molecule has 1 saturated heterocycles. The topological polar surface area (TPSA) is 122 Å². The fourth-order valence-electron chi connectivity index (χ4n) is 3.23. The second-order valence-electron chi connectivity index (χ2n) is 7.09. The zero-order chi connectivity index (χ0) is 22.4. The highest BCUT2D eigenvalue weighted by Crippen LogP contribution is 2.21. The summed E-state index contributed by atoms with van der Waals surface area (Å²) in [4.78, 5) is 25.6. The number of hydrogen-bond acceptors (Lipinski definition) is 6. The molecule has 1 aliphatic rings. The minimum Gasteiger partial charge on any atom is -0.484 e. The standard InChI is InChI=1S/C21H26N4O5S/c1-2-24-10-12-25(13-11-24)31(28,29)19-5-3-4-17(14-19)23-20(26)15-30-18-8-6-16(7-9-18)21(22)27/h3-9,14H,2,10-13,15H2,1H3,(H2,22,27)(H,23,26). The Morgan fingerprint density at radius 1 is 1.06 bits per heavy atom. The van der Waals surface area contributed by atoms with Crippen molar-refractivity contribution in [2.24, 2.45) is 5.73 Å². The predicted octanol–water partition coefficient (Wildman–Crippen LogP) is 1.13. The maximum Gasteiger partial charge on any atom is 0.262 e. The molecule has 3 N–H and O–H groups in total. The first-order chi connectivity index (χ1) is 14.8. The van der Waals surface area contributed by atoms with E-state index in [0.29, 0.717) is 43.2 Å². The summed E-state index contributed by atoms with van der Waals surface area (Å²) in [6, 6.07) is 12.3. The molecule has 1 heterocycles. The highest BCUT2D eigenvalue weighted by atomic mass is 32.2. The number of carbonyl (C=O) groups excluding carboxylic acids is 2. The van der Waals surface area contributed by atoms with Crippen LogP contribution in [-0.2, 0) is 14.8 Å². The van der Waals surface area contributed by atoms with Crippen molar-refractivity contribution in [3.63, 3.8) is 0 Å². The summed E-state index contributed by atoms with van der Waals surface area (Å²) in [5.74, 6) is -0.584. The number of rotatable bonds is 8. The average Bonchev–Trinajstić information content (AvgIpc) is 2.78. The zero-order valence-corrected chi connectivity index (χ0v) is 18.1. The number of piperazine rings is 1. The lowest BCUT2D eigenvalue weighted by Gasteiger charge is -2.33. The van der Waals surface area contributed by atoms with Gasteiger partial charge in [0, 0.05) is 37.4 Å². The molecule has 2 aromatic rings. The van der Waals surface area contributed by atoms with Crippen molar-refractivity contribution in [1.82, 2.24) is 9.21 Å². The SMILES string of the molecule is CCN1CCN(S(=O)(=O)c2cccc(NC(=O)COc3ccc(C(N)=O)cc3)c2)CC1. The Morgan fingerprint density at radius 2 is 1.74 bits per heavy atom. The number of likely N-dealkylation sites (N-methyl/N-ethyl adjacent to an activating group) is 1. The lowest BCUT2D eigenvalue weighted by atomic mass is 10.2. The Morgan fingerprint density at radius 3 is 2.35 bits per heavy atom. The fourth-order valence-corrected chi connectivity index (χ4v) is 4.70. The number of benzene rings is 2. The average molecular weight is 447 g/mol. The van der Waals surface area contributed by atoms with Crippen LogP contribution in [0.25, 0.3) is 0 Å². The summed E-state index contributed by atoms with van der Waals surface area (Å²) in [6.07, 6.45) is 0. The number of sulfonamides is 1. The number of primary amides is 1. The highest BCUT2D eigenvalue weighted by molar-refractivity contribution is 7.89. The third-order valence-corrected chi connectivity index (χ3v) is 6.94. The number of nitrogens with one attached hydrogen (secondary N) is 1. The molecule has 1 aliphatic heterocycles. The van der Waals surface area contributed by atoms with Crippen molar-refractivity contribution < 1.29 is 22.7 Å². The molecule has 0 atom stereocenters. The second kappa shape index (κ2) is 9.90. The molecule has 0 saturated carbocycles. The number of amides is 2. The van der Waals surface area contributed by atoms with Gasteiger partial charge >= 0.3 is 0 Å². The van der Waals surface area contributed by atoms with E-state index < -0.39 is 21.8 Å². The van der Waals surface area contributed by atoms with E-state index in [-0.39, 0.29) is 11.5 Å². The van der Waals surface area contributed by atoms with Crippen LogP contribution in [0.5, 0.6) is 5.75 Å². The van der Waals surface area contributed by atoms with Crippen molar-refractivity contribution >= 4 is 27.5 Å². The first kappa shape index (κ1) is 22.7. The lowest BCUT2D eigenvalue weighted by molar-refractivity contribution is -0.118. The Kier molecular flexibility index (Phi) is 7.26. The van der Waals surface area contributed by atoms with Gasteiger partial charge in [0.1, 0.15) is 5.75 Å². The summed E-state index contributed by atoms with van der Waals surface area (Å²) < 4.78 is 32.8. The van der Waals surface area contributed by atoms with Crippen molar-refractivity contribution in [2.45, 2.75) is 11.8 Å². The largest absolute Gasteiger partial charge is 0.484 e. The van der Waals surface area contributed by atoms with E-state index >= 15 is 0 Å². The molecule has 0 radical (unpaired) electrons. The second-order valence-corrected chi connectivity index (χ2v) is 9.03. The fraction of sp³-hybridized carbons (Fsp3) is 0.333. The summed E-state index contributed by atoms with van der Waals surface area (Å²) in [5, 5.41) is 2.64. The van der Waals surface area contributed by atoms with E-state index in [1.165, 1.54) is 28.6 Å². The molecule has 2 amide bonds. The van der Waals surface area contributed by atoms with Gasteiger partial charge in [-0.2, -0.15) is 4.31 Å². The quantitative estimate of drug-likeness (QED) is 0.627. The van der Waals surface area contributed by atoms with Crippen LogP contribution in [0.2, 0.25) is 0 Å². The molecule has 0 aromatic heterocycles. The maximum absolute atomic E-state index is 12.9. The molecule has 166 valence electrons. The van der Waals surface area contributed by atoms with Gasteiger partial charge in [0.15, 0.2) is 6.61 Å². The molecule has 2 aromatic carbocycles. The Hall–Kier alpha value is -2.95. The molecule has 1 fully saturated rings. The van der Waals surface area contributed by atoms with Gasteiger partial charge in [-0.05, 0) is 49.0 Å². The van der Waals surface area contributed by atoms with E-state index in [2.05, 4.69) is 17.1 Å². The molecule has 0 unspecified atom stereocenters. The summed E-state index contributed by atoms with van der Waals surface area (Å²) in [6.45, 7) is 4.95. The smallest absolute Gasteiger partial charge is 0.262 e. The van der Waals surface area contributed by atoms with Gasteiger partial charge in [-0.25, -0.2) is 8.42 Å². The van der Waals surface area contributed by atoms with Gasteiger partial charge in [-0.3, -0.25) is 9.59 Å². The van der Waals surface area contributed by atoms with Crippen LogP contribution in [0.1, 0.15) is 17.3 Å². The van der Waals surface area contributed by atoms with Gasteiger partial charge < -0.3 is 20.7 Å². The highest BCUT2D eigenvalue weighted by Gasteiger charge is 2.28. The monoisotopic (exact) mass is 446 g/mol. The van der Waals surface area contributed by atoms with Crippen molar-refractivity contribution in [3.8, 4) is 5.75 Å². The van der Waals surface area contributed by atoms with Gasteiger partial charge in [0.05, 0.1) is 4.90 Å². The molecule has 0 bridgehead atoms.